The lowest BCUT2D eigenvalue weighted by Crippen LogP contribution is -1.94. The van der Waals surface area contributed by atoms with Gasteiger partial charge >= 0.3 is 0 Å². The second-order valence-corrected chi connectivity index (χ2v) is 14.5. The number of thiazole rings is 1. The van der Waals surface area contributed by atoms with Gasteiger partial charge in [0, 0.05) is 59.6 Å². The molecule has 10 aromatic rings. The Hall–Kier alpha value is -8.29. The summed E-state index contributed by atoms with van der Waals surface area (Å²) in [4.78, 5) is 37.6. The number of hydrogen-bond acceptors (Lipinski definition) is 11. The lowest BCUT2D eigenvalue weighted by molar-refractivity contribution is 1.21. The molecule has 7 aromatic heterocycles. The smallest absolute Gasteiger partial charge is 0.206 e. The normalized spacial score (nSPS) is 10.4. The molecule has 0 unspecified atom stereocenters. The fourth-order valence-corrected chi connectivity index (χ4v) is 6.70. The molecule has 0 saturated carbocycles. The molecule has 7 heterocycles. The molecule has 0 aliphatic heterocycles. The van der Waals surface area contributed by atoms with Crippen molar-refractivity contribution in [2.45, 2.75) is 6.92 Å². The summed E-state index contributed by atoms with van der Waals surface area (Å²) in [6.45, 7) is 2.01. The summed E-state index contributed by atoms with van der Waals surface area (Å²) in [6.07, 6.45) is 16.3. The fraction of sp³-hybridized carbons (Fsp3) is 0.0208. The molecule has 3 aromatic carbocycles. The van der Waals surface area contributed by atoms with Crippen molar-refractivity contribution in [1.29, 1.82) is 0 Å². The van der Waals surface area contributed by atoms with Gasteiger partial charge in [-0.1, -0.05) is 102 Å². The minimum atomic E-state index is 0.690. The minimum absolute atomic E-state index is 0.690. The van der Waals surface area contributed by atoms with Crippen LogP contribution in [0.1, 0.15) is 5.56 Å². The van der Waals surface area contributed by atoms with E-state index < -0.39 is 0 Å². The van der Waals surface area contributed by atoms with E-state index in [9.17, 15) is 0 Å². The standard InChI is InChI=1S/C19H14N4S.C15H14N4.C14H12N4/c1-2-5-14(6-3-1)17-9-8-16(12-21-17)23-19-22-13-18(24-19)15-7-4-10-20-11-15;1-11-7-8-14(16-9-11)19-15-17-10-13(18-15)12-5-3-2-4-6-12;1-2-6-12(7-3-1)17-14-16-10-13(18-14)11-5-4-8-15-9-11/h1-13H,(H,22,23);2-10H,1H3,(H2,16,17,18,19);1-10H,(H2,16,17,18). The largest absolute Gasteiger partial charge is 0.330 e. The van der Waals surface area contributed by atoms with Crippen molar-refractivity contribution < 1.29 is 0 Å². The van der Waals surface area contributed by atoms with Crippen LogP contribution in [0.25, 0.3) is 44.2 Å². The number of H-pyrrole nitrogens is 2. The van der Waals surface area contributed by atoms with Crippen molar-refractivity contribution >= 4 is 45.6 Å². The van der Waals surface area contributed by atoms with Crippen molar-refractivity contribution in [1.82, 2.24) is 44.9 Å². The molecule has 0 radical (unpaired) electrons. The molecule has 0 aliphatic carbocycles. The first-order chi connectivity index (χ1) is 30.1. The van der Waals surface area contributed by atoms with Gasteiger partial charge in [0.2, 0.25) is 11.9 Å². The quantitative estimate of drug-likeness (QED) is 0.0899. The monoisotopic (exact) mass is 816 g/mol. The summed E-state index contributed by atoms with van der Waals surface area (Å²) in [5, 5.41) is 10.5. The Bertz CT molecular complexity index is 2810. The summed E-state index contributed by atoms with van der Waals surface area (Å²) >= 11 is 1.59. The highest BCUT2D eigenvalue weighted by Gasteiger charge is 2.07. The van der Waals surface area contributed by atoms with Gasteiger partial charge in [-0.15, -0.1) is 0 Å². The number of para-hydroxylation sites is 1. The molecule has 5 N–H and O–H groups in total. The summed E-state index contributed by atoms with van der Waals surface area (Å²) in [6, 6.07) is 46.0. The molecular formula is C48H40N12S. The molecule has 12 nitrogen and oxygen atoms in total. The van der Waals surface area contributed by atoms with Gasteiger partial charge in [-0.3, -0.25) is 15.0 Å². The van der Waals surface area contributed by atoms with E-state index in [0.29, 0.717) is 5.95 Å². The Labute approximate surface area is 357 Å². The molecule has 0 aliphatic rings. The van der Waals surface area contributed by atoms with Gasteiger partial charge in [0.1, 0.15) is 5.82 Å². The number of nitrogens with zero attached hydrogens (tertiary/aromatic N) is 7. The number of hydrogen-bond donors (Lipinski definition) is 5. The van der Waals surface area contributed by atoms with Gasteiger partial charge in [0.25, 0.3) is 0 Å². The van der Waals surface area contributed by atoms with Crippen molar-refractivity contribution in [2.75, 3.05) is 16.0 Å². The molecule has 298 valence electrons. The maximum Gasteiger partial charge on any atom is 0.206 e. The van der Waals surface area contributed by atoms with E-state index in [4.69, 9.17) is 0 Å². The van der Waals surface area contributed by atoms with Gasteiger partial charge in [0.05, 0.1) is 46.2 Å². The van der Waals surface area contributed by atoms with Gasteiger partial charge in [-0.05, 0) is 66.6 Å². The van der Waals surface area contributed by atoms with E-state index in [-0.39, 0.29) is 0 Å². The molecule has 0 saturated heterocycles. The van der Waals surface area contributed by atoms with Gasteiger partial charge in [-0.25, -0.2) is 19.9 Å². The first kappa shape index (κ1) is 39.5. The highest BCUT2D eigenvalue weighted by Crippen LogP contribution is 2.30. The van der Waals surface area contributed by atoms with Gasteiger partial charge < -0.3 is 25.9 Å². The average Bonchev–Trinajstić information content (AvgIpc) is 4.12. The molecule has 0 bridgehead atoms. The number of pyridine rings is 4. The zero-order chi connectivity index (χ0) is 41.5. The van der Waals surface area contributed by atoms with E-state index in [1.807, 2.05) is 165 Å². The van der Waals surface area contributed by atoms with E-state index >= 15 is 0 Å². The average molecular weight is 817 g/mol. The first-order valence-electron chi connectivity index (χ1n) is 19.3. The third-order valence-electron chi connectivity index (χ3n) is 8.94. The number of rotatable bonds is 10. The van der Waals surface area contributed by atoms with E-state index in [0.717, 1.165) is 78.0 Å². The zero-order valence-electron chi connectivity index (χ0n) is 33.0. The third kappa shape index (κ3) is 11.2. The molecule has 10 rings (SSSR count). The number of aromatic nitrogens is 9. The van der Waals surface area contributed by atoms with Crippen LogP contribution in [-0.2, 0) is 0 Å². The Kier molecular flexibility index (Phi) is 12.9. The Balaban J connectivity index is 0.000000128. The molecule has 13 heteroatoms. The number of anilines is 6. The maximum absolute atomic E-state index is 4.51. The van der Waals surface area contributed by atoms with Gasteiger partial charge in [-0.2, -0.15) is 0 Å². The number of benzene rings is 3. The summed E-state index contributed by atoms with van der Waals surface area (Å²) in [7, 11) is 0. The van der Waals surface area contributed by atoms with E-state index in [1.54, 1.807) is 36.1 Å². The number of aromatic amines is 2. The lowest BCUT2D eigenvalue weighted by atomic mass is 10.1. The summed E-state index contributed by atoms with van der Waals surface area (Å²) < 4.78 is 0. The predicted octanol–water partition coefficient (Wildman–Crippen LogP) is 11.7. The Morgan fingerprint density at radius 2 is 1.05 bits per heavy atom. The molecule has 0 atom stereocenters. The molecule has 0 amide bonds. The van der Waals surface area contributed by atoms with Crippen LogP contribution in [0.5, 0.6) is 0 Å². The lowest BCUT2D eigenvalue weighted by Gasteiger charge is -2.04. The zero-order valence-corrected chi connectivity index (χ0v) is 33.8. The number of nitrogens with one attached hydrogen (secondary N) is 5. The predicted molar refractivity (Wildman–Crippen MR) is 246 cm³/mol. The molecule has 0 fully saturated rings. The van der Waals surface area contributed by atoms with E-state index in [2.05, 4.69) is 72.9 Å². The van der Waals surface area contributed by atoms with Crippen LogP contribution < -0.4 is 16.0 Å². The molecule has 0 spiro atoms. The Morgan fingerprint density at radius 1 is 0.426 bits per heavy atom. The minimum Gasteiger partial charge on any atom is -0.330 e. The molecule has 61 heavy (non-hydrogen) atoms. The van der Waals surface area contributed by atoms with Crippen molar-refractivity contribution in [3.05, 3.63) is 201 Å². The fourth-order valence-electron chi connectivity index (χ4n) is 5.87. The number of aryl methyl sites for hydroxylation is 1. The SMILES string of the molecule is Cc1ccc(Nc2ncc(-c3ccccc3)[nH]2)nc1.c1ccc(-c2ccc(Nc3ncc(-c4cccnc4)s3)cn2)cc1.c1ccc(Nc2ncc(-c3cccnc3)[nH]2)cc1. The summed E-state index contributed by atoms with van der Waals surface area (Å²) in [5.41, 5.74) is 10.2. The summed E-state index contributed by atoms with van der Waals surface area (Å²) in [5.74, 6) is 2.19. The highest BCUT2D eigenvalue weighted by molar-refractivity contribution is 7.18. The second-order valence-electron chi connectivity index (χ2n) is 13.4. The maximum atomic E-state index is 4.51. The van der Waals surface area contributed by atoms with Crippen molar-refractivity contribution in [3.63, 3.8) is 0 Å². The number of imidazole rings is 2. The van der Waals surface area contributed by atoms with Crippen molar-refractivity contribution in [2.24, 2.45) is 0 Å². The third-order valence-corrected chi connectivity index (χ3v) is 9.90. The first-order valence-corrected chi connectivity index (χ1v) is 20.2. The van der Waals surface area contributed by atoms with Crippen molar-refractivity contribution in [3.8, 4) is 44.2 Å². The van der Waals surface area contributed by atoms with Crippen LogP contribution in [0.4, 0.5) is 34.2 Å². The van der Waals surface area contributed by atoms with Crippen LogP contribution in [0.15, 0.2) is 195 Å². The van der Waals surface area contributed by atoms with Crippen LogP contribution in [0.3, 0.4) is 0 Å². The van der Waals surface area contributed by atoms with Crippen LogP contribution in [0, 0.1) is 6.92 Å². The Morgan fingerprint density at radius 3 is 1.67 bits per heavy atom. The van der Waals surface area contributed by atoms with Crippen LogP contribution >= 0.6 is 11.3 Å². The topological polar surface area (TPSA) is 158 Å². The van der Waals surface area contributed by atoms with Gasteiger partial charge in [0.15, 0.2) is 5.13 Å². The van der Waals surface area contributed by atoms with Crippen LogP contribution in [-0.4, -0.2) is 44.9 Å². The molecular weight excluding hydrogens is 777 g/mol. The van der Waals surface area contributed by atoms with Crippen LogP contribution in [0.2, 0.25) is 0 Å². The van der Waals surface area contributed by atoms with E-state index in [1.165, 1.54) is 0 Å². The highest BCUT2D eigenvalue weighted by atomic mass is 32.1. The second kappa shape index (κ2) is 19.9.